The number of aliphatic hydroxyl groups is 1. The Morgan fingerprint density at radius 2 is 1.89 bits per heavy atom. The van der Waals surface area contributed by atoms with Gasteiger partial charge in [0.2, 0.25) is 5.91 Å². The van der Waals surface area contributed by atoms with E-state index in [1.165, 1.54) is 0 Å². The lowest BCUT2D eigenvalue weighted by atomic mass is 10.1. The number of carbonyl (C=O) groups excluding carboxylic acids is 1. The number of carboxylic acids is 1. The molecule has 0 radical (unpaired) electrons. The molecule has 104 valence electrons. The van der Waals surface area contributed by atoms with Crippen molar-refractivity contribution in [1.82, 2.24) is 4.90 Å². The minimum atomic E-state index is -2.70. The van der Waals surface area contributed by atoms with Gasteiger partial charge < -0.3 is 15.1 Å². The molecule has 2 atom stereocenters. The van der Waals surface area contributed by atoms with Crippen LogP contribution in [0.15, 0.2) is 0 Å². The molecule has 1 rings (SSSR count). The van der Waals surface area contributed by atoms with Gasteiger partial charge in [0.1, 0.15) is 0 Å². The van der Waals surface area contributed by atoms with Crippen LogP contribution in [-0.4, -0.2) is 53.1 Å². The number of carboxylic acid groups (broad SMARTS) is 1. The van der Waals surface area contributed by atoms with E-state index < -0.39 is 48.7 Å². The van der Waals surface area contributed by atoms with E-state index >= 15 is 0 Å². The first-order chi connectivity index (χ1) is 8.23. The summed E-state index contributed by atoms with van der Waals surface area (Å²) in [5, 5.41) is 17.7. The first-order valence-corrected chi connectivity index (χ1v) is 5.64. The SMILES string of the molecule is CC1(C)C(C(=O)O)C1C(=O)N(CCO)CC(F)F. The first kappa shape index (κ1) is 14.8. The second-order valence-corrected chi connectivity index (χ2v) is 5.01. The van der Waals surface area contributed by atoms with Crippen LogP contribution in [0, 0.1) is 17.3 Å². The summed E-state index contributed by atoms with van der Waals surface area (Å²) in [5.74, 6) is -3.36. The van der Waals surface area contributed by atoms with Gasteiger partial charge in [-0.25, -0.2) is 8.78 Å². The highest BCUT2D eigenvalue weighted by Gasteiger charge is 2.66. The van der Waals surface area contributed by atoms with Crippen molar-refractivity contribution in [3.63, 3.8) is 0 Å². The molecule has 2 unspecified atom stereocenters. The van der Waals surface area contributed by atoms with Crippen LogP contribution < -0.4 is 0 Å². The Kier molecular flexibility index (Phi) is 4.26. The number of halogens is 2. The first-order valence-electron chi connectivity index (χ1n) is 5.64. The van der Waals surface area contributed by atoms with E-state index in [-0.39, 0.29) is 6.54 Å². The van der Waals surface area contributed by atoms with Crippen molar-refractivity contribution < 1.29 is 28.6 Å². The Morgan fingerprint density at radius 1 is 1.33 bits per heavy atom. The highest BCUT2D eigenvalue weighted by Crippen LogP contribution is 2.59. The smallest absolute Gasteiger partial charge is 0.307 e. The topological polar surface area (TPSA) is 77.8 Å². The Hall–Kier alpha value is -1.24. The second-order valence-electron chi connectivity index (χ2n) is 5.01. The van der Waals surface area contributed by atoms with Crippen LogP contribution in [0.4, 0.5) is 8.78 Å². The molecule has 0 aromatic carbocycles. The number of nitrogens with zero attached hydrogens (tertiary/aromatic N) is 1. The quantitative estimate of drug-likeness (QED) is 0.730. The summed E-state index contributed by atoms with van der Waals surface area (Å²) >= 11 is 0. The van der Waals surface area contributed by atoms with Gasteiger partial charge in [-0.2, -0.15) is 0 Å². The van der Waals surface area contributed by atoms with Crippen molar-refractivity contribution in [2.45, 2.75) is 20.3 Å². The zero-order valence-electron chi connectivity index (χ0n) is 10.3. The van der Waals surface area contributed by atoms with E-state index in [2.05, 4.69) is 0 Å². The van der Waals surface area contributed by atoms with Gasteiger partial charge >= 0.3 is 5.97 Å². The van der Waals surface area contributed by atoms with E-state index in [1.54, 1.807) is 13.8 Å². The Morgan fingerprint density at radius 3 is 2.22 bits per heavy atom. The highest BCUT2D eigenvalue weighted by molar-refractivity contribution is 5.91. The minimum absolute atomic E-state index is 0.206. The number of rotatable bonds is 6. The minimum Gasteiger partial charge on any atom is -0.481 e. The summed E-state index contributed by atoms with van der Waals surface area (Å²) in [6, 6.07) is 0. The second kappa shape index (κ2) is 5.17. The molecule has 0 aromatic rings. The van der Waals surface area contributed by atoms with Crippen molar-refractivity contribution in [1.29, 1.82) is 0 Å². The van der Waals surface area contributed by atoms with Gasteiger partial charge in [-0.3, -0.25) is 9.59 Å². The molecule has 0 aromatic heterocycles. The largest absolute Gasteiger partial charge is 0.481 e. The third-order valence-electron chi connectivity index (χ3n) is 3.40. The molecular formula is C11H17F2NO4. The van der Waals surface area contributed by atoms with Gasteiger partial charge in [0.05, 0.1) is 25.0 Å². The average molecular weight is 265 g/mol. The fourth-order valence-electron chi connectivity index (χ4n) is 2.33. The number of alkyl halides is 2. The molecule has 0 bridgehead atoms. The molecule has 18 heavy (non-hydrogen) atoms. The van der Waals surface area contributed by atoms with Gasteiger partial charge in [0.25, 0.3) is 6.43 Å². The predicted molar refractivity (Wildman–Crippen MR) is 58.1 cm³/mol. The van der Waals surface area contributed by atoms with Crippen molar-refractivity contribution in [2.24, 2.45) is 17.3 Å². The molecule has 0 aliphatic heterocycles. The molecule has 0 heterocycles. The zero-order chi connectivity index (χ0) is 14.1. The molecule has 1 aliphatic rings. The molecule has 1 amide bonds. The number of amides is 1. The Bertz CT molecular complexity index is 346. The van der Waals surface area contributed by atoms with Crippen LogP contribution in [0.5, 0.6) is 0 Å². The van der Waals surface area contributed by atoms with E-state index in [0.29, 0.717) is 0 Å². The van der Waals surface area contributed by atoms with Crippen LogP contribution in [0.1, 0.15) is 13.8 Å². The molecule has 1 aliphatic carbocycles. The van der Waals surface area contributed by atoms with Crippen molar-refractivity contribution in [3.8, 4) is 0 Å². The molecular weight excluding hydrogens is 248 g/mol. The average Bonchev–Trinajstić information content (AvgIpc) is 2.79. The van der Waals surface area contributed by atoms with Crippen molar-refractivity contribution in [2.75, 3.05) is 19.7 Å². The molecule has 0 saturated heterocycles. The van der Waals surface area contributed by atoms with Gasteiger partial charge in [0, 0.05) is 6.54 Å². The lowest BCUT2D eigenvalue weighted by Gasteiger charge is -2.22. The highest BCUT2D eigenvalue weighted by atomic mass is 19.3. The summed E-state index contributed by atoms with van der Waals surface area (Å²) < 4.78 is 24.6. The lowest BCUT2D eigenvalue weighted by molar-refractivity contribution is -0.142. The third kappa shape index (κ3) is 2.77. The van der Waals surface area contributed by atoms with Gasteiger partial charge in [0.15, 0.2) is 0 Å². The van der Waals surface area contributed by atoms with Gasteiger partial charge in [-0.15, -0.1) is 0 Å². The van der Waals surface area contributed by atoms with Gasteiger partial charge in [-0.1, -0.05) is 13.8 Å². The van der Waals surface area contributed by atoms with Crippen LogP contribution in [-0.2, 0) is 9.59 Å². The number of aliphatic carboxylic acids is 1. The number of carbonyl (C=O) groups is 2. The van der Waals surface area contributed by atoms with Gasteiger partial charge in [-0.05, 0) is 5.41 Å². The van der Waals surface area contributed by atoms with Crippen molar-refractivity contribution in [3.05, 3.63) is 0 Å². The standard InChI is InChI=1S/C11H17F2NO4/c1-11(2)7(8(11)10(17)18)9(16)14(3-4-15)5-6(12)13/h6-8,15H,3-5H2,1-2H3,(H,17,18). The molecule has 1 fully saturated rings. The zero-order valence-corrected chi connectivity index (χ0v) is 10.3. The molecule has 1 saturated carbocycles. The van der Waals surface area contributed by atoms with Crippen LogP contribution in [0.3, 0.4) is 0 Å². The van der Waals surface area contributed by atoms with Crippen LogP contribution in [0.2, 0.25) is 0 Å². The maximum absolute atomic E-state index is 12.3. The summed E-state index contributed by atoms with van der Waals surface area (Å²) in [6.07, 6.45) is -2.70. The summed E-state index contributed by atoms with van der Waals surface area (Å²) in [5.41, 5.74) is -0.723. The molecule has 5 nitrogen and oxygen atoms in total. The summed E-state index contributed by atoms with van der Waals surface area (Å²) in [4.78, 5) is 23.7. The lowest BCUT2D eigenvalue weighted by Crippen LogP contribution is -2.39. The predicted octanol–water partition coefficient (Wildman–Crippen LogP) is 0.429. The summed E-state index contributed by atoms with van der Waals surface area (Å²) in [6.45, 7) is 1.82. The van der Waals surface area contributed by atoms with E-state index in [9.17, 15) is 18.4 Å². The van der Waals surface area contributed by atoms with E-state index in [4.69, 9.17) is 10.2 Å². The maximum Gasteiger partial charge on any atom is 0.307 e. The van der Waals surface area contributed by atoms with Crippen LogP contribution in [0.25, 0.3) is 0 Å². The monoisotopic (exact) mass is 265 g/mol. The maximum atomic E-state index is 12.3. The fourth-order valence-corrected chi connectivity index (χ4v) is 2.33. The number of hydrogen-bond acceptors (Lipinski definition) is 3. The van der Waals surface area contributed by atoms with Crippen molar-refractivity contribution >= 4 is 11.9 Å². The number of aliphatic hydroxyl groups excluding tert-OH is 1. The summed E-state index contributed by atoms with van der Waals surface area (Å²) in [7, 11) is 0. The van der Waals surface area contributed by atoms with E-state index in [0.717, 1.165) is 4.90 Å². The fraction of sp³-hybridized carbons (Fsp3) is 0.818. The Labute approximate surface area is 103 Å². The molecule has 2 N–H and O–H groups in total. The van der Waals surface area contributed by atoms with Crippen LogP contribution >= 0.6 is 0 Å². The third-order valence-corrected chi connectivity index (χ3v) is 3.40. The Balaban J connectivity index is 2.76. The van der Waals surface area contributed by atoms with E-state index in [1.807, 2.05) is 0 Å². The number of hydrogen-bond donors (Lipinski definition) is 2. The molecule has 7 heteroatoms. The molecule has 0 spiro atoms. The normalized spacial score (nSPS) is 25.0.